The maximum atomic E-state index is 12.4. The van der Waals surface area contributed by atoms with Gasteiger partial charge in [-0.25, -0.2) is 0 Å². The molecular formula is C13H14F3N. The van der Waals surface area contributed by atoms with E-state index in [1.807, 2.05) is 20.8 Å². The smallest absolute Gasteiger partial charge is 0.256 e. The lowest BCUT2D eigenvalue weighted by Gasteiger charge is -2.07. The second kappa shape index (κ2) is 5.17. The van der Waals surface area contributed by atoms with E-state index in [2.05, 4.69) is 4.98 Å². The number of hydrogen-bond acceptors (Lipinski definition) is 1. The number of rotatable bonds is 0. The Hall–Kier alpha value is -1.58. The summed E-state index contributed by atoms with van der Waals surface area (Å²) in [5.41, 5.74) is 0.645. The zero-order chi connectivity index (χ0) is 13.1. The van der Waals surface area contributed by atoms with Crippen molar-refractivity contribution in [3.05, 3.63) is 41.6 Å². The van der Waals surface area contributed by atoms with Crippen LogP contribution in [0, 0.1) is 6.92 Å². The molecule has 4 heteroatoms. The summed E-state index contributed by atoms with van der Waals surface area (Å²) in [6.07, 6.45) is -2.79. The average Bonchev–Trinajstić information content (AvgIpc) is 2.30. The standard InChI is InChI=1S/C11H8F3N.C2H6/c1-7-4-5-15-10-6-8(11(12,13)14)2-3-9(7)10;1-2/h2-6H,1H3;1-2H3. The molecule has 1 nitrogen and oxygen atoms in total. The van der Waals surface area contributed by atoms with Crippen LogP contribution in [0.2, 0.25) is 0 Å². The van der Waals surface area contributed by atoms with Crippen molar-refractivity contribution in [2.24, 2.45) is 0 Å². The van der Waals surface area contributed by atoms with Crippen molar-refractivity contribution in [3.63, 3.8) is 0 Å². The van der Waals surface area contributed by atoms with Gasteiger partial charge in [0.2, 0.25) is 0 Å². The zero-order valence-electron chi connectivity index (χ0n) is 9.97. The number of aromatic nitrogens is 1. The minimum atomic E-state index is -4.31. The van der Waals surface area contributed by atoms with E-state index in [4.69, 9.17) is 0 Å². The molecule has 0 aliphatic carbocycles. The van der Waals surface area contributed by atoms with Gasteiger partial charge in [0.15, 0.2) is 0 Å². The highest BCUT2D eigenvalue weighted by Gasteiger charge is 2.30. The maximum absolute atomic E-state index is 12.4. The molecule has 0 amide bonds. The molecule has 0 N–H and O–H groups in total. The number of nitrogens with zero attached hydrogens (tertiary/aromatic N) is 1. The van der Waals surface area contributed by atoms with Crippen LogP contribution >= 0.6 is 0 Å². The molecular weight excluding hydrogens is 227 g/mol. The molecule has 0 radical (unpaired) electrons. The van der Waals surface area contributed by atoms with Crippen molar-refractivity contribution >= 4 is 10.9 Å². The lowest BCUT2D eigenvalue weighted by atomic mass is 10.1. The molecule has 0 spiro atoms. The molecule has 1 heterocycles. The summed E-state index contributed by atoms with van der Waals surface area (Å²) in [7, 11) is 0. The van der Waals surface area contributed by atoms with Gasteiger partial charge in [0.25, 0.3) is 0 Å². The lowest BCUT2D eigenvalue weighted by molar-refractivity contribution is -0.137. The van der Waals surface area contributed by atoms with E-state index in [1.165, 1.54) is 12.3 Å². The average molecular weight is 241 g/mol. The van der Waals surface area contributed by atoms with Gasteiger partial charge in [-0.3, -0.25) is 4.98 Å². The third-order valence-electron chi connectivity index (χ3n) is 2.29. The molecule has 0 saturated heterocycles. The summed E-state index contributed by atoms with van der Waals surface area (Å²) >= 11 is 0. The Morgan fingerprint density at radius 1 is 1.06 bits per heavy atom. The molecule has 2 aromatic rings. The highest BCUT2D eigenvalue weighted by molar-refractivity contribution is 5.82. The van der Waals surface area contributed by atoms with Crippen molar-refractivity contribution in [2.45, 2.75) is 26.9 Å². The molecule has 0 saturated carbocycles. The van der Waals surface area contributed by atoms with Gasteiger partial charge < -0.3 is 0 Å². The van der Waals surface area contributed by atoms with Crippen LogP contribution in [0.1, 0.15) is 25.0 Å². The summed E-state index contributed by atoms with van der Waals surface area (Å²) in [5.74, 6) is 0. The molecule has 1 aromatic heterocycles. The van der Waals surface area contributed by atoms with E-state index in [-0.39, 0.29) is 0 Å². The highest BCUT2D eigenvalue weighted by Crippen LogP contribution is 2.31. The summed E-state index contributed by atoms with van der Waals surface area (Å²) in [6, 6.07) is 5.38. The fraction of sp³-hybridized carbons (Fsp3) is 0.308. The fourth-order valence-electron chi connectivity index (χ4n) is 1.47. The molecule has 92 valence electrons. The largest absolute Gasteiger partial charge is 0.416 e. The van der Waals surface area contributed by atoms with Gasteiger partial charge in [-0.15, -0.1) is 0 Å². The number of pyridine rings is 1. The van der Waals surface area contributed by atoms with Crippen molar-refractivity contribution in [2.75, 3.05) is 0 Å². The normalized spacial score (nSPS) is 10.9. The van der Waals surface area contributed by atoms with Gasteiger partial charge in [-0.2, -0.15) is 13.2 Å². The number of hydrogen-bond donors (Lipinski definition) is 0. The van der Waals surface area contributed by atoms with Crippen LogP contribution in [-0.2, 0) is 6.18 Å². The number of halogens is 3. The van der Waals surface area contributed by atoms with Crippen LogP contribution in [0.3, 0.4) is 0 Å². The number of alkyl halides is 3. The molecule has 1 aromatic carbocycles. The topological polar surface area (TPSA) is 12.9 Å². The second-order valence-corrected chi connectivity index (χ2v) is 3.36. The third kappa shape index (κ3) is 2.96. The quantitative estimate of drug-likeness (QED) is 0.657. The minimum absolute atomic E-state index is 0.379. The van der Waals surface area contributed by atoms with E-state index in [9.17, 15) is 13.2 Å². The first-order chi connectivity index (χ1) is 7.98. The van der Waals surface area contributed by atoms with Gasteiger partial charge in [0, 0.05) is 11.6 Å². The highest BCUT2D eigenvalue weighted by atomic mass is 19.4. The van der Waals surface area contributed by atoms with Gasteiger partial charge >= 0.3 is 6.18 Å². The molecule has 0 bridgehead atoms. The van der Waals surface area contributed by atoms with Crippen molar-refractivity contribution in [1.82, 2.24) is 4.98 Å². The van der Waals surface area contributed by atoms with Crippen LogP contribution in [0.15, 0.2) is 30.5 Å². The minimum Gasteiger partial charge on any atom is -0.256 e. The maximum Gasteiger partial charge on any atom is 0.416 e. The predicted octanol–water partition coefficient (Wildman–Crippen LogP) is 4.59. The Bertz CT molecular complexity index is 503. The third-order valence-corrected chi connectivity index (χ3v) is 2.29. The van der Waals surface area contributed by atoms with E-state index in [1.54, 1.807) is 6.07 Å². The van der Waals surface area contributed by atoms with Gasteiger partial charge in [-0.1, -0.05) is 19.9 Å². The monoisotopic (exact) mass is 241 g/mol. The Kier molecular flexibility index (Phi) is 4.10. The van der Waals surface area contributed by atoms with Crippen molar-refractivity contribution in [1.29, 1.82) is 0 Å². The van der Waals surface area contributed by atoms with E-state index >= 15 is 0 Å². The van der Waals surface area contributed by atoms with E-state index in [0.29, 0.717) is 5.52 Å². The second-order valence-electron chi connectivity index (χ2n) is 3.36. The van der Waals surface area contributed by atoms with Gasteiger partial charge in [0.05, 0.1) is 11.1 Å². The van der Waals surface area contributed by atoms with E-state index < -0.39 is 11.7 Å². The first-order valence-corrected chi connectivity index (χ1v) is 5.41. The number of fused-ring (bicyclic) bond motifs is 1. The van der Waals surface area contributed by atoms with Crippen LogP contribution in [0.25, 0.3) is 10.9 Å². The molecule has 17 heavy (non-hydrogen) atoms. The Labute approximate surface area is 98.3 Å². The summed E-state index contributed by atoms with van der Waals surface area (Å²) in [4.78, 5) is 3.92. The Balaban J connectivity index is 0.000000686. The molecule has 0 aliphatic heterocycles. The Morgan fingerprint density at radius 2 is 1.71 bits per heavy atom. The first kappa shape index (κ1) is 13.5. The van der Waals surface area contributed by atoms with Crippen LogP contribution in [0.4, 0.5) is 13.2 Å². The lowest BCUT2D eigenvalue weighted by Crippen LogP contribution is -2.04. The SMILES string of the molecule is CC.Cc1ccnc2cc(C(F)(F)F)ccc12. The summed E-state index contributed by atoms with van der Waals surface area (Å²) in [6.45, 7) is 5.84. The molecule has 2 rings (SSSR count). The number of aryl methyl sites for hydroxylation is 1. The van der Waals surface area contributed by atoms with Crippen LogP contribution in [0.5, 0.6) is 0 Å². The molecule has 0 atom stereocenters. The summed E-state index contributed by atoms with van der Waals surface area (Å²) in [5, 5.41) is 0.755. The molecule has 0 unspecified atom stereocenters. The fourth-order valence-corrected chi connectivity index (χ4v) is 1.47. The molecule has 0 fully saturated rings. The van der Waals surface area contributed by atoms with Gasteiger partial charge in [0.1, 0.15) is 0 Å². The van der Waals surface area contributed by atoms with Crippen LogP contribution < -0.4 is 0 Å². The zero-order valence-corrected chi connectivity index (χ0v) is 9.97. The predicted molar refractivity (Wildman–Crippen MR) is 62.8 cm³/mol. The van der Waals surface area contributed by atoms with Gasteiger partial charge in [-0.05, 0) is 30.7 Å². The first-order valence-electron chi connectivity index (χ1n) is 5.41. The number of benzene rings is 1. The summed E-state index contributed by atoms with van der Waals surface area (Å²) < 4.78 is 37.2. The Morgan fingerprint density at radius 3 is 2.29 bits per heavy atom. The van der Waals surface area contributed by atoms with Crippen LogP contribution in [-0.4, -0.2) is 4.98 Å². The van der Waals surface area contributed by atoms with Crippen molar-refractivity contribution < 1.29 is 13.2 Å². The van der Waals surface area contributed by atoms with Crippen molar-refractivity contribution in [3.8, 4) is 0 Å². The molecule has 0 aliphatic rings. The van der Waals surface area contributed by atoms with E-state index in [0.717, 1.165) is 23.1 Å².